The molecule has 98 valence electrons. The standard InChI is InChI=1S/C14H15N3OS/c1-10-17-9-13(19-10)8-16-7-12-5-11(6-15)3-4-14(12)18-2/h3-5,9,16H,7-8H2,1-2H3. The van der Waals surface area contributed by atoms with Crippen molar-refractivity contribution in [3.05, 3.63) is 45.4 Å². The minimum atomic E-state index is 0.645. The summed E-state index contributed by atoms with van der Waals surface area (Å²) in [7, 11) is 1.64. The molecule has 0 amide bonds. The summed E-state index contributed by atoms with van der Waals surface area (Å²) in [5.74, 6) is 0.798. The van der Waals surface area contributed by atoms with Gasteiger partial charge in [-0.3, -0.25) is 0 Å². The fourth-order valence-electron chi connectivity index (χ4n) is 1.79. The summed E-state index contributed by atoms with van der Waals surface area (Å²) in [5.41, 5.74) is 1.63. The molecule has 1 heterocycles. The van der Waals surface area contributed by atoms with E-state index in [1.54, 1.807) is 24.5 Å². The number of hydrogen-bond acceptors (Lipinski definition) is 5. The Bertz CT molecular complexity index is 601. The maximum Gasteiger partial charge on any atom is 0.123 e. The summed E-state index contributed by atoms with van der Waals surface area (Å²) < 4.78 is 5.29. The minimum absolute atomic E-state index is 0.645. The summed E-state index contributed by atoms with van der Waals surface area (Å²) in [6.45, 7) is 3.43. The lowest BCUT2D eigenvalue weighted by atomic mass is 10.1. The number of aryl methyl sites for hydroxylation is 1. The number of ether oxygens (including phenoxy) is 1. The lowest BCUT2D eigenvalue weighted by Crippen LogP contribution is -2.12. The molecule has 0 spiro atoms. The van der Waals surface area contributed by atoms with Gasteiger partial charge in [-0.05, 0) is 25.1 Å². The second-order valence-corrected chi connectivity index (χ2v) is 5.41. The Morgan fingerprint density at radius 2 is 2.26 bits per heavy atom. The molecule has 0 unspecified atom stereocenters. The first-order valence-electron chi connectivity index (χ1n) is 5.92. The van der Waals surface area contributed by atoms with E-state index in [-0.39, 0.29) is 0 Å². The van der Waals surface area contributed by atoms with Gasteiger partial charge in [0.1, 0.15) is 5.75 Å². The Morgan fingerprint density at radius 3 is 2.89 bits per heavy atom. The average molecular weight is 273 g/mol. The molecular formula is C14H15N3OS. The maximum atomic E-state index is 8.91. The Morgan fingerprint density at radius 1 is 1.42 bits per heavy atom. The third kappa shape index (κ3) is 3.53. The van der Waals surface area contributed by atoms with Crippen LogP contribution in [0.25, 0.3) is 0 Å². The van der Waals surface area contributed by atoms with Crippen LogP contribution in [0.5, 0.6) is 5.75 Å². The number of rotatable bonds is 5. The first-order valence-corrected chi connectivity index (χ1v) is 6.73. The number of nitrogens with one attached hydrogen (secondary N) is 1. The van der Waals surface area contributed by atoms with E-state index in [9.17, 15) is 0 Å². The van der Waals surface area contributed by atoms with Crippen LogP contribution in [0, 0.1) is 18.3 Å². The maximum absolute atomic E-state index is 8.91. The Kier molecular flexibility index (Phi) is 4.50. The highest BCUT2D eigenvalue weighted by Gasteiger charge is 2.05. The van der Waals surface area contributed by atoms with Gasteiger partial charge in [-0.2, -0.15) is 5.26 Å². The second-order valence-electron chi connectivity index (χ2n) is 4.09. The Labute approximate surface area is 116 Å². The van der Waals surface area contributed by atoms with Gasteiger partial charge in [-0.25, -0.2) is 4.98 Å². The number of thiazole rings is 1. The molecule has 0 atom stereocenters. The Balaban J connectivity index is 2.00. The van der Waals surface area contributed by atoms with E-state index in [0.29, 0.717) is 12.1 Å². The predicted molar refractivity (Wildman–Crippen MR) is 75.1 cm³/mol. The molecule has 0 saturated heterocycles. The van der Waals surface area contributed by atoms with Crippen molar-refractivity contribution >= 4 is 11.3 Å². The molecule has 0 aliphatic heterocycles. The molecule has 0 bridgehead atoms. The van der Waals surface area contributed by atoms with Gasteiger partial charge in [0.2, 0.25) is 0 Å². The molecule has 4 nitrogen and oxygen atoms in total. The zero-order valence-electron chi connectivity index (χ0n) is 10.9. The summed E-state index contributed by atoms with van der Waals surface area (Å²) in [6.07, 6.45) is 1.88. The smallest absolute Gasteiger partial charge is 0.123 e. The lowest BCUT2D eigenvalue weighted by molar-refractivity contribution is 0.407. The van der Waals surface area contributed by atoms with Gasteiger partial charge in [0, 0.05) is 29.7 Å². The number of nitriles is 1. The van der Waals surface area contributed by atoms with Crippen LogP contribution >= 0.6 is 11.3 Å². The fourth-order valence-corrected chi connectivity index (χ4v) is 2.56. The van der Waals surface area contributed by atoms with Crippen molar-refractivity contribution in [3.8, 4) is 11.8 Å². The number of nitrogens with zero attached hydrogens (tertiary/aromatic N) is 2. The van der Waals surface area contributed by atoms with Crippen LogP contribution in [-0.4, -0.2) is 12.1 Å². The lowest BCUT2D eigenvalue weighted by Gasteiger charge is -2.09. The molecule has 0 aliphatic carbocycles. The highest BCUT2D eigenvalue weighted by molar-refractivity contribution is 7.11. The zero-order chi connectivity index (χ0) is 13.7. The van der Waals surface area contributed by atoms with Gasteiger partial charge in [-0.15, -0.1) is 11.3 Å². The molecular weight excluding hydrogens is 258 g/mol. The number of benzene rings is 1. The van der Waals surface area contributed by atoms with Crippen molar-refractivity contribution in [1.29, 1.82) is 5.26 Å². The summed E-state index contributed by atoms with van der Waals surface area (Å²) in [4.78, 5) is 5.42. The van der Waals surface area contributed by atoms with Crippen LogP contribution in [-0.2, 0) is 13.1 Å². The SMILES string of the molecule is COc1ccc(C#N)cc1CNCc1cnc(C)s1. The molecule has 0 aliphatic rings. The van der Waals surface area contributed by atoms with Crippen LogP contribution < -0.4 is 10.1 Å². The number of aromatic nitrogens is 1. The van der Waals surface area contributed by atoms with E-state index in [4.69, 9.17) is 10.00 Å². The minimum Gasteiger partial charge on any atom is -0.496 e. The third-order valence-corrected chi connectivity index (χ3v) is 3.61. The number of methoxy groups -OCH3 is 1. The zero-order valence-corrected chi connectivity index (χ0v) is 11.8. The molecule has 19 heavy (non-hydrogen) atoms. The molecule has 1 aromatic heterocycles. The van der Waals surface area contributed by atoms with Gasteiger partial charge in [0.25, 0.3) is 0 Å². The first kappa shape index (κ1) is 13.5. The largest absolute Gasteiger partial charge is 0.496 e. The highest BCUT2D eigenvalue weighted by atomic mass is 32.1. The van der Waals surface area contributed by atoms with Crippen LogP contribution in [0.15, 0.2) is 24.4 Å². The summed E-state index contributed by atoms with van der Waals surface area (Å²) in [5, 5.41) is 13.3. The quantitative estimate of drug-likeness (QED) is 0.909. The van der Waals surface area contributed by atoms with Crippen molar-refractivity contribution in [2.24, 2.45) is 0 Å². The molecule has 5 heteroatoms. The molecule has 2 rings (SSSR count). The third-order valence-electron chi connectivity index (χ3n) is 2.69. The van der Waals surface area contributed by atoms with Crippen molar-refractivity contribution in [3.63, 3.8) is 0 Å². The van der Waals surface area contributed by atoms with E-state index in [0.717, 1.165) is 22.9 Å². The normalized spacial score (nSPS) is 10.2. The van der Waals surface area contributed by atoms with Crippen molar-refractivity contribution in [2.45, 2.75) is 20.0 Å². The van der Waals surface area contributed by atoms with Gasteiger partial charge in [-0.1, -0.05) is 0 Å². The number of hydrogen-bond donors (Lipinski definition) is 1. The monoisotopic (exact) mass is 273 g/mol. The molecule has 1 aromatic carbocycles. The van der Waals surface area contributed by atoms with Gasteiger partial charge in [0.15, 0.2) is 0 Å². The molecule has 0 fully saturated rings. The van der Waals surface area contributed by atoms with Gasteiger partial charge >= 0.3 is 0 Å². The molecule has 0 radical (unpaired) electrons. The summed E-state index contributed by atoms with van der Waals surface area (Å²) >= 11 is 1.68. The summed E-state index contributed by atoms with van der Waals surface area (Å²) in [6, 6.07) is 7.57. The fraction of sp³-hybridized carbons (Fsp3) is 0.286. The van der Waals surface area contributed by atoms with Crippen LogP contribution in [0.4, 0.5) is 0 Å². The highest BCUT2D eigenvalue weighted by Crippen LogP contribution is 2.20. The van der Waals surface area contributed by atoms with E-state index < -0.39 is 0 Å². The van der Waals surface area contributed by atoms with Gasteiger partial charge in [0.05, 0.1) is 23.8 Å². The molecule has 1 N–H and O–H groups in total. The van der Waals surface area contributed by atoms with Crippen molar-refractivity contribution in [1.82, 2.24) is 10.3 Å². The topological polar surface area (TPSA) is 57.9 Å². The first-order chi connectivity index (χ1) is 9.22. The van der Waals surface area contributed by atoms with E-state index in [2.05, 4.69) is 16.4 Å². The second kappa shape index (κ2) is 6.32. The van der Waals surface area contributed by atoms with Crippen LogP contribution in [0.2, 0.25) is 0 Å². The van der Waals surface area contributed by atoms with Crippen LogP contribution in [0.3, 0.4) is 0 Å². The van der Waals surface area contributed by atoms with E-state index in [1.165, 1.54) is 4.88 Å². The van der Waals surface area contributed by atoms with Crippen LogP contribution in [0.1, 0.15) is 21.0 Å². The van der Waals surface area contributed by atoms with E-state index in [1.807, 2.05) is 25.3 Å². The van der Waals surface area contributed by atoms with Gasteiger partial charge < -0.3 is 10.1 Å². The van der Waals surface area contributed by atoms with E-state index >= 15 is 0 Å². The van der Waals surface area contributed by atoms with Crippen molar-refractivity contribution in [2.75, 3.05) is 7.11 Å². The predicted octanol–water partition coefficient (Wildman–Crippen LogP) is 2.62. The Hall–Kier alpha value is -1.90. The van der Waals surface area contributed by atoms with Crippen molar-refractivity contribution < 1.29 is 4.74 Å². The average Bonchev–Trinajstić information content (AvgIpc) is 2.84. The molecule has 2 aromatic rings. The molecule has 0 saturated carbocycles.